The van der Waals surface area contributed by atoms with Crippen molar-refractivity contribution in [2.24, 2.45) is 0 Å². The van der Waals surface area contributed by atoms with E-state index in [9.17, 15) is 9.59 Å². The maximum Gasteiger partial charge on any atom is 0.335 e. The number of pyridine rings is 1. The third-order valence-corrected chi connectivity index (χ3v) is 2.67. The quantitative estimate of drug-likeness (QED) is 0.770. The average Bonchev–Trinajstić information content (AvgIpc) is 2.45. The largest absolute Gasteiger partial charge is 0.478 e. The molecule has 0 atom stereocenters. The number of carboxylic acid groups (broad SMARTS) is 2. The number of anilines is 1. The van der Waals surface area contributed by atoms with Gasteiger partial charge in [0.1, 0.15) is 0 Å². The van der Waals surface area contributed by atoms with Crippen LogP contribution in [0.15, 0.2) is 42.7 Å². The minimum absolute atomic E-state index is 0.0675. The van der Waals surface area contributed by atoms with E-state index in [1.165, 1.54) is 12.1 Å². The summed E-state index contributed by atoms with van der Waals surface area (Å²) < 4.78 is 0. The SMILES string of the molecule is O=C(O)c1cc(NCc2ccncc2)cc(C(=O)O)c1. The number of carbonyl (C=O) groups is 2. The van der Waals surface area contributed by atoms with Crippen molar-refractivity contribution in [1.82, 2.24) is 4.98 Å². The van der Waals surface area contributed by atoms with Gasteiger partial charge in [0.15, 0.2) is 0 Å². The van der Waals surface area contributed by atoms with Crippen LogP contribution >= 0.6 is 0 Å². The first-order valence-electron chi connectivity index (χ1n) is 5.81. The van der Waals surface area contributed by atoms with Gasteiger partial charge in [-0.2, -0.15) is 0 Å². The van der Waals surface area contributed by atoms with E-state index < -0.39 is 11.9 Å². The molecule has 0 fully saturated rings. The van der Waals surface area contributed by atoms with Crippen molar-refractivity contribution in [3.05, 3.63) is 59.4 Å². The maximum atomic E-state index is 11.0. The molecule has 0 amide bonds. The molecule has 0 bridgehead atoms. The van der Waals surface area contributed by atoms with Crippen LogP contribution in [0.3, 0.4) is 0 Å². The lowest BCUT2D eigenvalue weighted by molar-refractivity contribution is 0.0696. The minimum atomic E-state index is -1.17. The molecule has 2 rings (SSSR count). The molecule has 1 aromatic carbocycles. The van der Waals surface area contributed by atoms with Crippen LogP contribution in [0.2, 0.25) is 0 Å². The van der Waals surface area contributed by atoms with Gasteiger partial charge in [-0.15, -0.1) is 0 Å². The average molecular weight is 272 g/mol. The second-order valence-corrected chi connectivity index (χ2v) is 4.12. The summed E-state index contributed by atoms with van der Waals surface area (Å²) in [5.74, 6) is -2.33. The van der Waals surface area contributed by atoms with Gasteiger partial charge in [0.05, 0.1) is 11.1 Å². The number of aromatic nitrogens is 1. The fourth-order valence-electron chi connectivity index (χ4n) is 1.68. The highest BCUT2D eigenvalue weighted by molar-refractivity contribution is 5.95. The van der Waals surface area contributed by atoms with E-state index in [1.54, 1.807) is 12.4 Å². The van der Waals surface area contributed by atoms with Gasteiger partial charge in [-0.1, -0.05) is 0 Å². The number of aromatic carboxylic acids is 2. The van der Waals surface area contributed by atoms with E-state index in [-0.39, 0.29) is 11.1 Å². The van der Waals surface area contributed by atoms with Crippen LogP contribution in [0.1, 0.15) is 26.3 Å². The Bertz CT molecular complexity index is 609. The van der Waals surface area contributed by atoms with Gasteiger partial charge in [-0.25, -0.2) is 9.59 Å². The molecule has 1 aromatic heterocycles. The molecule has 6 heteroatoms. The highest BCUT2D eigenvalue weighted by atomic mass is 16.4. The molecule has 0 aliphatic heterocycles. The molecule has 3 N–H and O–H groups in total. The van der Waals surface area contributed by atoms with Crippen molar-refractivity contribution in [2.75, 3.05) is 5.32 Å². The molecule has 0 radical (unpaired) electrons. The normalized spacial score (nSPS) is 10.0. The highest BCUT2D eigenvalue weighted by Crippen LogP contribution is 2.16. The molecule has 2 aromatic rings. The van der Waals surface area contributed by atoms with Crippen molar-refractivity contribution in [1.29, 1.82) is 0 Å². The first-order valence-corrected chi connectivity index (χ1v) is 5.81. The third-order valence-electron chi connectivity index (χ3n) is 2.67. The topological polar surface area (TPSA) is 99.5 Å². The maximum absolute atomic E-state index is 11.0. The minimum Gasteiger partial charge on any atom is -0.478 e. The van der Waals surface area contributed by atoms with Crippen molar-refractivity contribution >= 4 is 17.6 Å². The molecular formula is C14H12N2O4. The van der Waals surface area contributed by atoms with Crippen LogP contribution in [0.5, 0.6) is 0 Å². The first kappa shape index (κ1) is 13.5. The Morgan fingerprint density at radius 2 is 1.55 bits per heavy atom. The summed E-state index contributed by atoms with van der Waals surface area (Å²) in [6, 6.07) is 7.55. The monoisotopic (exact) mass is 272 g/mol. The number of nitrogens with zero attached hydrogens (tertiary/aromatic N) is 1. The van der Waals surface area contributed by atoms with Gasteiger partial charge in [-0.3, -0.25) is 4.98 Å². The Balaban J connectivity index is 2.22. The lowest BCUT2D eigenvalue weighted by Crippen LogP contribution is -2.06. The summed E-state index contributed by atoms with van der Waals surface area (Å²) >= 11 is 0. The molecular weight excluding hydrogens is 260 g/mol. The highest BCUT2D eigenvalue weighted by Gasteiger charge is 2.11. The summed E-state index contributed by atoms with van der Waals surface area (Å²) in [4.78, 5) is 25.8. The van der Waals surface area contributed by atoms with E-state index in [2.05, 4.69) is 10.3 Å². The molecule has 20 heavy (non-hydrogen) atoms. The van der Waals surface area contributed by atoms with E-state index in [4.69, 9.17) is 10.2 Å². The van der Waals surface area contributed by atoms with Gasteiger partial charge < -0.3 is 15.5 Å². The number of nitrogens with one attached hydrogen (secondary N) is 1. The molecule has 0 unspecified atom stereocenters. The van der Waals surface area contributed by atoms with Crippen molar-refractivity contribution < 1.29 is 19.8 Å². The van der Waals surface area contributed by atoms with E-state index in [0.29, 0.717) is 12.2 Å². The summed E-state index contributed by atoms with van der Waals surface area (Å²) in [5, 5.41) is 20.9. The number of carboxylic acids is 2. The zero-order valence-corrected chi connectivity index (χ0v) is 10.4. The van der Waals surface area contributed by atoms with E-state index in [1.807, 2.05) is 12.1 Å². The van der Waals surface area contributed by atoms with Crippen LogP contribution < -0.4 is 5.32 Å². The zero-order chi connectivity index (χ0) is 14.5. The Morgan fingerprint density at radius 1 is 1.00 bits per heavy atom. The molecule has 0 saturated carbocycles. The van der Waals surface area contributed by atoms with Crippen LogP contribution in [0.25, 0.3) is 0 Å². The predicted octanol–water partition coefficient (Wildman–Crippen LogP) is 2.09. The molecule has 0 spiro atoms. The zero-order valence-electron chi connectivity index (χ0n) is 10.4. The molecule has 6 nitrogen and oxygen atoms in total. The number of hydrogen-bond donors (Lipinski definition) is 3. The predicted molar refractivity (Wildman–Crippen MR) is 71.9 cm³/mol. The van der Waals surface area contributed by atoms with Crippen molar-refractivity contribution in [3.63, 3.8) is 0 Å². The third kappa shape index (κ3) is 3.32. The second kappa shape index (κ2) is 5.83. The lowest BCUT2D eigenvalue weighted by atomic mass is 10.1. The van der Waals surface area contributed by atoms with Gasteiger partial charge in [0.25, 0.3) is 0 Å². The van der Waals surface area contributed by atoms with E-state index >= 15 is 0 Å². The summed E-state index contributed by atoms with van der Waals surface area (Å²) in [7, 11) is 0. The Labute approximate surface area is 114 Å². The summed E-state index contributed by atoms with van der Waals surface area (Å²) in [6.45, 7) is 0.449. The van der Waals surface area contributed by atoms with Gasteiger partial charge in [0.2, 0.25) is 0 Å². The van der Waals surface area contributed by atoms with E-state index in [0.717, 1.165) is 11.6 Å². The van der Waals surface area contributed by atoms with Gasteiger partial charge in [0, 0.05) is 24.6 Å². The Kier molecular flexibility index (Phi) is 3.95. The summed E-state index contributed by atoms with van der Waals surface area (Å²) in [5.41, 5.74) is 1.26. The van der Waals surface area contributed by atoms with Crippen molar-refractivity contribution in [2.45, 2.75) is 6.54 Å². The first-order chi connectivity index (χ1) is 9.56. The van der Waals surface area contributed by atoms with Crippen LogP contribution in [-0.2, 0) is 6.54 Å². The Hall–Kier alpha value is -2.89. The lowest BCUT2D eigenvalue weighted by Gasteiger charge is -2.08. The van der Waals surface area contributed by atoms with Gasteiger partial charge in [-0.05, 0) is 35.9 Å². The molecule has 0 aliphatic carbocycles. The molecule has 0 saturated heterocycles. The number of rotatable bonds is 5. The standard InChI is InChI=1S/C14H12N2O4/c17-13(18)10-5-11(14(19)20)7-12(6-10)16-8-9-1-3-15-4-2-9/h1-7,16H,8H2,(H,17,18)(H,19,20). The van der Waals surface area contributed by atoms with Crippen molar-refractivity contribution in [3.8, 4) is 0 Å². The fraction of sp³-hybridized carbons (Fsp3) is 0.0714. The molecule has 102 valence electrons. The number of hydrogen-bond acceptors (Lipinski definition) is 4. The van der Waals surface area contributed by atoms with Gasteiger partial charge >= 0.3 is 11.9 Å². The van der Waals surface area contributed by atoms with Crippen LogP contribution in [0.4, 0.5) is 5.69 Å². The number of benzene rings is 1. The second-order valence-electron chi connectivity index (χ2n) is 4.12. The molecule has 1 heterocycles. The van der Waals surface area contributed by atoms with Crippen LogP contribution in [-0.4, -0.2) is 27.1 Å². The Morgan fingerprint density at radius 3 is 2.05 bits per heavy atom. The molecule has 0 aliphatic rings. The smallest absolute Gasteiger partial charge is 0.335 e. The van der Waals surface area contributed by atoms with Crippen LogP contribution in [0, 0.1) is 0 Å². The fourth-order valence-corrected chi connectivity index (χ4v) is 1.68. The summed E-state index contributed by atoms with van der Waals surface area (Å²) in [6.07, 6.45) is 3.29.